The second kappa shape index (κ2) is 8.26. The van der Waals surface area contributed by atoms with Gasteiger partial charge < -0.3 is 13.9 Å². The van der Waals surface area contributed by atoms with E-state index in [0.717, 1.165) is 6.07 Å². The summed E-state index contributed by atoms with van der Waals surface area (Å²) >= 11 is 0. The van der Waals surface area contributed by atoms with Gasteiger partial charge in [-0.3, -0.25) is 10.1 Å². The largest absolute Gasteiger partial charge is 0.496 e. The van der Waals surface area contributed by atoms with Crippen LogP contribution in [-0.4, -0.2) is 36.6 Å². The van der Waals surface area contributed by atoms with Crippen LogP contribution in [0, 0.1) is 10.1 Å². The maximum atomic E-state index is 12.4. The first kappa shape index (κ1) is 20.9. The Kier molecular flexibility index (Phi) is 5.75. The lowest BCUT2D eigenvalue weighted by molar-refractivity contribution is -0.384. The molecule has 1 heterocycles. The zero-order valence-electron chi connectivity index (χ0n) is 15.3. The summed E-state index contributed by atoms with van der Waals surface area (Å²) < 4.78 is 38.5. The van der Waals surface area contributed by atoms with Gasteiger partial charge in [0.1, 0.15) is 11.3 Å². The van der Waals surface area contributed by atoms with Crippen molar-refractivity contribution in [2.24, 2.45) is 5.14 Å². The highest BCUT2D eigenvalue weighted by Crippen LogP contribution is 2.24. The van der Waals surface area contributed by atoms with Gasteiger partial charge in [0.05, 0.1) is 16.9 Å². The Bertz CT molecular complexity index is 1200. The van der Waals surface area contributed by atoms with Gasteiger partial charge in [-0.15, -0.1) is 10.2 Å². The van der Waals surface area contributed by atoms with Crippen molar-refractivity contribution in [1.82, 2.24) is 10.2 Å². The number of methoxy groups -OCH3 is 1. The van der Waals surface area contributed by atoms with Crippen molar-refractivity contribution in [2.45, 2.75) is 11.5 Å². The van der Waals surface area contributed by atoms with E-state index in [1.807, 2.05) is 0 Å². The van der Waals surface area contributed by atoms with Crippen LogP contribution in [0.1, 0.15) is 16.2 Å². The zero-order valence-corrected chi connectivity index (χ0v) is 16.2. The molecule has 3 aromatic rings. The molecule has 13 heteroatoms. The van der Waals surface area contributed by atoms with Crippen LogP contribution in [0.15, 0.2) is 51.8 Å². The molecule has 3 rings (SSSR count). The minimum Gasteiger partial charge on any atom is -0.496 e. The van der Waals surface area contributed by atoms with Gasteiger partial charge in [-0.1, -0.05) is 0 Å². The lowest BCUT2D eigenvalue weighted by Gasteiger charge is -2.09. The Labute approximate surface area is 169 Å². The van der Waals surface area contributed by atoms with Gasteiger partial charge in [0.2, 0.25) is 15.9 Å². The van der Waals surface area contributed by atoms with Crippen molar-refractivity contribution in [3.05, 3.63) is 64.0 Å². The van der Waals surface area contributed by atoms with Crippen LogP contribution in [0.25, 0.3) is 11.5 Å². The third kappa shape index (κ3) is 4.59. The van der Waals surface area contributed by atoms with Gasteiger partial charge in [0.25, 0.3) is 11.6 Å². The molecule has 2 N–H and O–H groups in total. The minimum atomic E-state index is -4.03. The van der Waals surface area contributed by atoms with Crippen molar-refractivity contribution in [2.75, 3.05) is 7.11 Å². The van der Waals surface area contributed by atoms with E-state index in [4.69, 9.17) is 19.0 Å². The number of nitro groups is 1. The van der Waals surface area contributed by atoms with Crippen LogP contribution in [0.5, 0.6) is 5.75 Å². The fraction of sp³-hybridized carbons (Fsp3) is 0.118. The molecule has 0 fully saturated rings. The number of nitrogens with zero attached hydrogens (tertiary/aromatic N) is 3. The van der Waals surface area contributed by atoms with E-state index >= 15 is 0 Å². The number of nitrogens with two attached hydrogens (primary N) is 1. The summed E-state index contributed by atoms with van der Waals surface area (Å²) in [5.74, 6) is -0.778. The number of primary sulfonamides is 1. The summed E-state index contributed by atoms with van der Waals surface area (Å²) in [6.07, 6.45) is 0. The average Bonchev–Trinajstić information content (AvgIpc) is 3.20. The molecule has 0 saturated carbocycles. The van der Waals surface area contributed by atoms with Crippen molar-refractivity contribution < 1.29 is 32.0 Å². The predicted octanol–water partition coefficient (Wildman–Crippen LogP) is 1.66. The lowest BCUT2D eigenvalue weighted by Crippen LogP contribution is -2.14. The van der Waals surface area contributed by atoms with Gasteiger partial charge in [-0.25, -0.2) is 18.4 Å². The Hall–Kier alpha value is -3.84. The van der Waals surface area contributed by atoms with Crippen LogP contribution >= 0.6 is 0 Å². The number of aromatic nitrogens is 2. The van der Waals surface area contributed by atoms with E-state index in [0.29, 0.717) is 5.56 Å². The molecule has 0 saturated heterocycles. The molecule has 0 amide bonds. The van der Waals surface area contributed by atoms with E-state index in [1.54, 1.807) is 0 Å². The molecule has 0 radical (unpaired) electrons. The van der Waals surface area contributed by atoms with Gasteiger partial charge >= 0.3 is 5.97 Å². The van der Waals surface area contributed by atoms with E-state index in [9.17, 15) is 23.3 Å². The number of hydrogen-bond acceptors (Lipinski definition) is 10. The first-order valence-electron chi connectivity index (χ1n) is 8.14. The SMILES string of the molecule is COc1ccc(S(N)(=O)=O)cc1C(=O)OCc1nnc(-c2ccc([N+](=O)[O-])cc2)o1. The zero-order chi connectivity index (χ0) is 21.9. The summed E-state index contributed by atoms with van der Waals surface area (Å²) in [6.45, 7) is -0.401. The Balaban J connectivity index is 1.73. The maximum Gasteiger partial charge on any atom is 0.342 e. The highest BCUT2D eigenvalue weighted by atomic mass is 32.2. The van der Waals surface area contributed by atoms with Crippen molar-refractivity contribution in [1.29, 1.82) is 0 Å². The van der Waals surface area contributed by atoms with Crippen LogP contribution in [0.2, 0.25) is 0 Å². The molecule has 0 unspecified atom stereocenters. The third-order valence-corrected chi connectivity index (χ3v) is 4.75. The standard InChI is InChI=1S/C17H14N4O8S/c1-27-14-7-6-12(30(18,25)26)8-13(14)17(22)28-9-15-19-20-16(29-15)10-2-4-11(5-3-10)21(23)24/h2-8H,9H2,1H3,(H2,18,25,26). The molecule has 0 bridgehead atoms. The molecule has 1 aromatic heterocycles. The number of esters is 1. The number of carbonyl (C=O) groups excluding carboxylic acids is 1. The second-order valence-corrected chi connectivity index (χ2v) is 7.35. The summed E-state index contributed by atoms with van der Waals surface area (Å²) in [7, 11) is -2.73. The van der Waals surface area contributed by atoms with Gasteiger partial charge in [-0.2, -0.15) is 0 Å². The lowest BCUT2D eigenvalue weighted by atomic mass is 10.2. The Morgan fingerprint density at radius 2 is 1.90 bits per heavy atom. The second-order valence-electron chi connectivity index (χ2n) is 5.79. The number of sulfonamides is 1. The van der Waals surface area contributed by atoms with Crippen LogP contribution in [0.4, 0.5) is 5.69 Å². The van der Waals surface area contributed by atoms with Gasteiger partial charge in [-0.05, 0) is 30.3 Å². The van der Waals surface area contributed by atoms with Crippen molar-refractivity contribution in [3.63, 3.8) is 0 Å². The number of carbonyl (C=O) groups is 1. The first-order valence-corrected chi connectivity index (χ1v) is 9.69. The van der Waals surface area contributed by atoms with Gasteiger partial charge in [0.15, 0.2) is 6.61 Å². The monoisotopic (exact) mass is 434 g/mol. The molecule has 30 heavy (non-hydrogen) atoms. The molecule has 0 aliphatic rings. The minimum absolute atomic E-state index is 0.0433. The van der Waals surface area contributed by atoms with E-state index < -0.39 is 27.5 Å². The highest BCUT2D eigenvalue weighted by molar-refractivity contribution is 7.89. The van der Waals surface area contributed by atoms with Gasteiger partial charge in [0, 0.05) is 17.7 Å². The molecule has 156 valence electrons. The average molecular weight is 434 g/mol. The molecular formula is C17H14N4O8S. The normalized spacial score (nSPS) is 11.1. The van der Waals surface area contributed by atoms with Crippen molar-refractivity contribution in [3.8, 4) is 17.2 Å². The topological polar surface area (TPSA) is 178 Å². The summed E-state index contributed by atoms with van der Waals surface area (Å²) in [4.78, 5) is 22.2. The Morgan fingerprint density at radius 1 is 1.20 bits per heavy atom. The number of benzene rings is 2. The molecule has 12 nitrogen and oxygen atoms in total. The quantitative estimate of drug-likeness (QED) is 0.326. The highest BCUT2D eigenvalue weighted by Gasteiger charge is 2.20. The summed E-state index contributed by atoms with van der Waals surface area (Å²) in [5.41, 5.74) is 0.190. The first-order chi connectivity index (χ1) is 14.2. The molecule has 0 atom stereocenters. The van der Waals surface area contributed by atoms with Crippen molar-refractivity contribution >= 4 is 21.7 Å². The number of nitro benzene ring substituents is 1. The summed E-state index contributed by atoms with van der Waals surface area (Å²) in [6, 6.07) is 8.94. The number of ether oxygens (including phenoxy) is 2. The number of rotatable bonds is 7. The molecule has 0 aliphatic heterocycles. The van der Waals surface area contributed by atoms with E-state index in [1.165, 1.54) is 43.5 Å². The van der Waals surface area contributed by atoms with E-state index in [2.05, 4.69) is 10.2 Å². The Morgan fingerprint density at radius 3 is 2.50 bits per heavy atom. The summed E-state index contributed by atoms with van der Waals surface area (Å²) in [5, 5.41) is 23.3. The van der Waals surface area contributed by atoms with Crippen LogP contribution < -0.4 is 9.88 Å². The predicted molar refractivity (Wildman–Crippen MR) is 99.9 cm³/mol. The molecule has 2 aromatic carbocycles. The molecule has 0 aliphatic carbocycles. The fourth-order valence-corrected chi connectivity index (χ4v) is 2.92. The fourth-order valence-electron chi connectivity index (χ4n) is 2.38. The smallest absolute Gasteiger partial charge is 0.342 e. The molecular weight excluding hydrogens is 420 g/mol. The third-order valence-electron chi connectivity index (χ3n) is 3.84. The number of hydrogen-bond donors (Lipinski definition) is 1. The maximum absolute atomic E-state index is 12.4. The van der Waals surface area contributed by atoms with Crippen LogP contribution in [0.3, 0.4) is 0 Å². The number of non-ortho nitro benzene ring substituents is 1. The van der Waals surface area contributed by atoms with E-state index in [-0.39, 0.29) is 33.7 Å². The van der Waals surface area contributed by atoms with Crippen LogP contribution in [-0.2, 0) is 21.4 Å². The molecule has 0 spiro atoms.